The molecule has 0 aromatic heterocycles. The van der Waals surface area contributed by atoms with Gasteiger partial charge in [0.15, 0.2) is 23.3 Å². The summed E-state index contributed by atoms with van der Waals surface area (Å²) in [5.41, 5.74) is -1.18. The molecule has 0 bridgehead atoms. The first kappa shape index (κ1) is 15.0. The van der Waals surface area contributed by atoms with Gasteiger partial charge < -0.3 is 14.4 Å². The standard InChI is InChI=1S/C9H9F5O3Si/c1-3(2-18(15,16)17)4-5(10)7(12)9(14)8(13)6(4)11/h3,15-17H,2H2,1H3. The van der Waals surface area contributed by atoms with Gasteiger partial charge in [0, 0.05) is 11.6 Å². The van der Waals surface area contributed by atoms with Crippen molar-refractivity contribution in [3.63, 3.8) is 0 Å². The monoisotopic (exact) mass is 288 g/mol. The summed E-state index contributed by atoms with van der Waals surface area (Å²) in [7, 11) is -4.67. The van der Waals surface area contributed by atoms with Gasteiger partial charge in [-0.1, -0.05) is 6.92 Å². The molecule has 0 aliphatic heterocycles. The van der Waals surface area contributed by atoms with Crippen LogP contribution in [-0.2, 0) is 0 Å². The third-order valence-electron chi connectivity index (χ3n) is 2.32. The number of benzene rings is 1. The van der Waals surface area contributed by atoms with Gasteiger partial charge in [0.1, 0.15) is 0 Å². The number of rotatable bonds is 3. The molecule has 1 aromatic carbocycles. The maximum Gasteiger partial charge on any atom is 0.493 e. The molecule has 18 heavy (non-hydrogen) atoms. The summed E-state index contributed by atoms with van der Waals surface area (Å²) < 4.78 is 65.0. The van der Waals surface area contributed by atoms with Crippen molar-refractivity contribution >= 4 is 8.80 Å². The molecule has 0 saturated heterocycles. The van der Waals surface area contributed by atoms with Crippen molar-refractivity contribution in [1.29, 1.82) is 0 Å². The van der Waals surface area contributed by atoms with Gasteiger partial charge in [-0.2, -0.15) is 0 Å². The summed E-state index contributed by atoms with van der Waals surface area (Å²) >= 11 is 0. The summed E-state index contributed by atoms with van der Waals surface area (Å²) in [6, 6.07) is -0.884. The predicted octanol–water partition coefficient (Wildman–Crippen LogP) is 1.40. The van der Waals surface area contributed by atoms with Crippen LogP contribution in [-0.4, -0.2) is 23.2 Å². The Morgan fingerprint density at radius 2 is 1.17 bits per heavy atom. The molecule has 102 valence electrons. The van der Waals surface area contributed by atoms with Crippen LogP contribution in [0.15, 0.2) is 0 Å². The molecule has 1 atom stereocenters. The van der Waals surface area contributed by atoms with Crippen molar-refractivity contribution in [2.24, 2.45) is 0 Å². The lowest BCUT2D eigenvalue weighted by Gasteiger charge is -2.18. The van der Waals surface area contributed by atoms with Gasteiger partial charge in [0.05, 0.1) is 0 Å². The molecule has 0 aliphatic carbocycles. The second-order valence-electron chi connectivity index (χ2n) is 3.86. The van der Waals surface area contributed by atoms with Crippen molar-refractivity contribution in [3.05, 3.63) is 34.6 Å². The Hall–Kier alpha value is -1.03. The van der Waals surface area contributed by atoms with Crippen LogP contribution in [0.4, 0.5) is 22.0 Å². The van der Waals surface area contributed by atoms with Crippen LogP contribution in [0.3, 0.4) is 0 Å². The maximum atomic E-state index is 13.3. The van der Waals surface area contributed by atoms with E-state index in [1.165, 1.54) is 0 Å². The summed E-state index contributed by atoms with van der Waals surface area (Å²) in [6.07, 6.45) is 0. The minimum atomic E-state index is -4.67. The summed E-state index contributed by atoms with van der Waals surface area (Å²) in [5, 5.41) is 0. The molecule has 0 fully saturated rings. The Kier molecular flexibility index (Phi) is 4.11. The molecule has 1 unspecified atom stereocenters. The Labute approximate surface area is 99.5 Å². The first-order valence-electron chi connectivity index (χ1n) is 4.74. The molecule has 9 heteroatoms. The second kappa shape index (κ2) is 4.92. The molecule has 0 amide bonds. The van der Waals surface area contributed by atoms with Crippen LogP contribution in [0.2, 0.25) is 6.04 Å². The van der Waals surface area contributed by atoms with E-state index in [0.717, 1.165) is 6.92 Å². The van der Waals surface area contributed by atoms with Crippen molar-refractivity contribution in [2.75, 3.05) is 0 Å². The Balaban J connectivity index is 3.33. The second-order valence-corrected chi connectivity index (χ2v) is 5.82. The predicted molar refractivity (Wildman–Crippen MR) is 51.9 cm³/mol. The fourth-order valence-corrected chi connectivity index (χ4v) is 2.59. The molecular formula is C9H9F5O3Si. The number of halogens is 5. The zero-order valence-electron chi connectivity index (χ0n) is 9.02. The SMILES string of the molecule is CC(C[Si](O)(O)O)c1c(F)c(F)c(F)c(F)c1F. The lowest BCUT2D eigenvalue weighted by molar-refractivity contribution is 0.223. The van der Waals surface area contributed by atoms with Gasteiger partial charge in [-0.15, -0.1) is 0 Å². The summed E-state index contributed by atoms with van der Waals surface area (Å²) in [6.45, 7) is 1.00. The fourth-order valence-electron chi connectivity index (χ4n) is 1.57. The lowest BCUT2D eigenvalue weighted by Crippen LogP contribution is -2.36. The molecule has 3 N–H and O–H groups in total. The first-order valence-corrected chi connectivity index (χ1v) is 6.79. The highest BCUT2D eigenvalue weighted by atomic mass is 28.4. The van der Waals surface area contributed by atoms with Crippen molar-refractivity contribution in [1.82, 2.24) is 0 Å². The van der Waals surface area contributed by atoms with E-state index in [-0.39, 0.29) is 0 Å². The fraction of sp³-hybridized carbons (Fsp3) is 0.333. The third kappa shape index (κ3) is 2.86. The summed E-state index contributed by atoms with van der Waals surface area (Å²) in [4.78, 5) is 26.3. The van der Waals surface area contributed by atoms with E-state index in [9.17, 15) is 22.0 Å². The zero-order valence-corrected chi connectivity index (χ0v) is 10.0. The highest BCUT2D eigenvalue weighted by Crippen LogP contribution is 2.31. The van der Waals surface area contributed by atoms with Crippen LogP contribution in [0.1, 0.15) is 18.4 Å². The highest BCUT2D eigenvalue weighted by Gasteiger charge is 2.35. The van der Waals surface area contributed by atoms with Gasteiger partial charge in [0.25, 0.3) is 0 Å². The maximum absolute atomic E-state index is 13.3. The highest BCUT2D eigenvalue weighted by molar-refractivity contribution is 6.56. The number of hydrogen-bond donors (Lipinski definition) is 3. The topological polar surface area (TPSA) is 60.7 Å². The Morgan fingerprint density at radius 3 is 1.50 bits per heavy atom. The van der Waals surface area contributed by atoms with Gasteiger partial charge in [0.2, 0.25) is 5.82 Å². The average Bonchev–Trinajstić information content (AvgIpc) is 2.21. The normalized spacial score (nSPS) is 13.8. The molecule has 0 spiro atoms. The molecule has 0 heterocycles. The molecule has 0 saturated carbocycles. The molecular weight excluding hydrogens is 279 g/mol. The molecule has 0 radical (unpaired) electrons. The van der Waals surface area contributed by atoms with Crippen molar-refractivity contribution in [2.45, 2.75) is 18.9 Å². The third-order valence-corrected chi connectivity index (χ3v) is 3.48. The van der Waals surface area contributed by atoms with Crippen LogP contribution in [0.25, 0.3) is 0 Å². The van der Waals surface area contributed by atoms with Crippen molar-refractivity contribution < 1.29 is 36.3 Å². The first-order chi connectivity index (χ1) is 8.06. The number of hydrogen-bond acceptors (Lipinski definition) is 3. The zero-order chi connectivity index (χ0) is 14.2. The van der Waals surface area contributed by atoms with E-state index >= 15 is 0 Å². The van der Waals surface area contributed by atoms with Crippen LogP contribution < -0.4 is 0 Å². The van der Waals surface area contributed by atoms with E-state index in [0.29, 0.717) is 0 Å². The molecule has 0 aliphatic rings. The molecule has 3 nitrogen and oxygen atoms in total. The van der Waals surface area contributed by atoms with E-state index in [2.05, 4.69) is 0 Å². The largest absolute Gasteiger partial charge is 0.493 e. The average molecular weight is 288 g/mol. The van der Waals surface area contributed by atoms with Crippen LogP contribution in [0.5, 0.6) is 0 Å². The van der Waals surface area contributed by atoms with Crippen LogP contribution >= 0.6 is 0 Å². The Bertz CT molecular complexity index is 445. The quantitative estimate of drug-likeness (QED) is 0.341. The Morgan fingerprint density at radius 1 is 0.833 bits per heavy atom. The van der Waals surface area contributed by atoms with E-state index in [4.69, 9.17) is 14.4 Å². The minimum absolute atomic E-state index is 0.884. The van der Waals surface area contributed by atoms with Gasteiger partial charge in [-0.3, -0.25) is 0 Å². The van der Waals surface area contributed by atoms with E-state index in [1.54, 1.807) is 0 Å². The van der Waals surface area contributed by atoms with Gasteiger partial charge in [-0.05, 0) is 5.92 Å². The van der Waals surface area contributed by atoms with Gasteiger partial charge in [-0.25, -0.2) is 22.0 Å². The van der Waals surface area contributed by atoms with Gasteiger partial charge >= 0.3 is 8.80 Å². The summed E-state index contributed by atoms with van der Waals surface area (Å²) in [5.74, 6) is -12.1. The lowest BCUT2D eigenvalue weighted by atomic mass is 10.0. The van der Waals surface area contributed by atoms with Crippen LogP contribution in [0, 0.1) is 29.1 Å². The molecule has 1 aromatic rings. The molecule has 1 rings (SSSR count). The van der Waals surface area contributed by atoms with E-state index in [1.807, 2.05) is 0 Å². The smallest absolute Gasteiger partial charge is 0.390 e. The minimum Gasteiger partial charge on any atom is -0.390 e. The van der Waals surface area contributed by atoms with E-state index < -0.39 is 55.4 Å². The van der Waals surface area contributed by atoms with Crippen molar-refractivity contribution in [3.8, 4) is 0 Å².